The van der Waals surface area contributed by atoms with Crippen LogP contribution in [-0.4, -0.2) is 69.4 Å². The Morgan fingerprint density at radius 1 is 1.50 bits per heavy atom. The van der Waals surface area contributed by atoms with Gasteiger partial charge in [0.2, 0.25) is 0 Å². The summed E-state index contributed by atoms with van der Waals surface area (Å²) in [6, 6.07) is -1.08. The molecule has 0 bridgehead atoms. The summed E-state index contributed by atoms with van der Waals surface area (Å²) in [7, 11) is 1.57. The summed E-state index contributed by atoms with van der Waals surface area (Å²) in [5.74, 6) is -0.537. The lowest BCUT2D eigenvalue weighted by atomic mass is 10.2. The minimum absolute atomic E-state index is 0.0789. The largest absolute Gasteiger partial charge is 0.480 e. The van der Waals surface area contributed by atoms with Gasteiger partial charge in [-0.05, 0) is 6.42 Å². The maximum absolute atomic E-state index is 12.2. The number of hydrogen-bond donors (Lipinski definition) is 2. The number of aliphatic hydroxyl groups is 1. The van der Waals surface area contributed by atoms with Crippen LogP contribution in [0.1, 0.15) is 19.8 Å². The van der Waals surface area contributed by atoms with E-state index in [2.05, 4.69) is 0 Å². The molecule has 0 aromatic rings. The minimum atomic E-state index is -0.966. The van der Waals surface area contributed by atoms with Crippen molar-refractivity contribution in [3.8, 4) is 0 Å². The number of aliphatic hydroxyl groups excluding tert-OH is 1. The first kappa shape index (κ1) is 15.1. The zero-order valence-electron chi connectivity index (χ0n) is 10.7. The van der Waals surface area contributed by atoms with Crippen molar-refractivity contribution in [1.82, 2.24) is 9.80 Å². The highest BCUT2D eigenvalue weighted by Crippen LogP contribution is 2.32. The second-order valence-corrected chi connectivity index (χ2v) is 5.48. The molecule has 1 aliphatic rings. The molecule has 18 heavy (non-hydrogen) atoms. The summed E-state index contributed by atoms with van der Waals surface area (Å²) in [5, 5.41) is 17.9. The smallest absolute Gasteiger partial charge is 0.327 e. The Kier molecular flexibility index (Phi) is 5.74. The summed E-state index contributed by atoms with van der Waals surface area (Å²) in [6.07, 6.45) is 1.69. The van der Waals surface area contributed by atoms with Gasteiger partial charge in [-0.25, -0.2) is 9.59 Å². The second-order valence-electron chi connectivity index (χ2n) is 4.27. The topological polar surface area (TPSA) is 81.1 Å². The molecule has 0 spiro atoms. The Hall–Kier alpha value is -0.950. The number of carboxylic acids is 1. The minimum Gasteiger partial charge on any atom is -0.480 e. The molecule has 104 valence electrons. The Labute approximate surface area is 111 Å². The van der Waals surface area contributed by atoms with Crippen LogP contribution in [0.4, 0.5) is 4.79 Å². The van der Waals surface area contributed by atoms with E-state index in [0.29, 0.717) is 5.75 Å². The average Bonchev–Trinajstić information content (AvgIpc) is 2.72. The van der Waals surface area contributed by atoms with Crippen LogP contribution >= 0.6 is 11.8 Å². The number of hydrogen-bond acceptors (Lipinski definition) is 4. The molecule has 2 N–H and O–H groups in total. The quantitative estimate of drug-likeness (QED) is 0.771. The number of nitrogens with zero attached hydrogens (tertiary/aromatic N) is 2. The van der Waals surface area contributed by atoms with E-state index in [0.717, 1.165) is 12.8 Å². The molecular weight excluding hydrogens is 256 g/mol. The van der Waals surface area contributed by atoms with Crippen molar-refractivity contribution in [1.29, 1.82) is 0 Å². The maximum Gasteiger partial charge on any atom is 0.327 e. The van der Waals surface area contributed by atoms with E-state index in [-0.39, 0.29) is 24.6 Å². The zero-order valence-corrected chi connectivity index (χ0v) is 11.5. The number of carboxylic acid groups (broad SMARTS) is 1. The Morgan fingerprint density at radius 3 is 2.67 bits per heavy atom. The van der Waals surface area contributed by atoms with E-state index >= 15 is 0 Å². The summed E-state index contributed by atoms with van der Waals surface area (Å²) < 4.78 is 0. The van der Waals surface area contributed by atoms with Crippen molar-refractivity contribution >= 4 is 23.8 Å². The second kappa shape index (κ2) is 6.84. The fraction of sp³-hybridized carbons (Fsp3) is 0.818. The van der Waals surface area contributed by atoms with Crippen molar-refractivity contribution in [3.05, 3.63) is 0 Å². The highest BCUT2D eigenvalue weighted by atomic mass is 32.2. The molecule has 6 nitrogen and oxygen atoms in total. The van der Waals surface area contributed by atoms with Crippen LogP contribution in [0.5, 0.6) is 0 Å². The first-order valence-corrected chi connectivity index (χ1v) is 7.06. The molecule has 2 amide bonds. The summed E-state index contributed by atoms with van der Waals surface area (Å²) >= 11 is 1.51. The number of rotatable bonds is 5. The van der Waals surface area contributed by atoms with Gasteiger partial charge in [0, 0.05) is 19.3 Å². The molecule has 7 heteroatoms. The molecule has 2 atom stereocenters. The number of thioether (sulfide) groups is 1. The third-order valence-corrected chi connectivity index (χ3v) is 4.25. The van der Waals surface area contributed by atoms with Gasteiger partial charge in [-0.1, -0.05) is 13.3 Å². The summed E-state index contributed by atoms with van der Waals surface area (Å²) in [5.41, 5.74) is 0. The van der Waals surface area contributed by atoms with Crippen molar-refractivity contribution in [2.24, 2.45) is 0 Å². The Balaban J connectivity index is 2.81. The van der Waals surface area contributed by atoms with E-state index < -0.39 is 12.0 Å². The van der Waals surface area contributed by atoms with E-state index in [4.69, 9.17) is 10.2 Å². The molecule has 1 saturated heterocycles. The molecule has 0 radical (unpaired) electrons. The summed E-state index contributed by atoms with van der Waals surface area (Å²) in [6.45, 7) is 2.10. The van der Waals surface area contributed by atoms with Crippen LogP contribution in [0.15, 0.2) is 0 Å². The Bertz CT molecular complexity index is 313. The lowest BCUT2D eigenvalue weighted by molar-refractivity contribution is -0.141. The van der Waals surface area contributed by atoms with Crippen molar-refractivity contribution < 1.29 is 19.8 Å². The monoisotopic (exact) mass is 276 g/mol. The van der Waals surface area contributed by atoms with Gasteiger partial charge in [-0.3, -0.25) is 4.90 Å². The van der Waals surface area contributed by atoms with Crippen molar-refractivity contribution in [2.75, 3.05) is 26.0 Å². The molecule has 1 fully saturated rings. The van der Waals surface area contributed by atoms with Gasteiger partial charge in [-0.2, -0.15) is 0 Å². The number of likely N-dealkylation sites (N-methyl/N-ethyl adjacent to an activating group) is 1. The molecule has 2 unspecified atom stereocenters. The van der Waals surface area contributed by atoms with Crippen LogP contribution in [0, 0.1) is 0 Å². The van der Waals surface area contributed by atoms with Gasteiger partial charge < -0.3 is 15.1 Å². The first-order chi connectivity index (χ1) is 8.52. The molecule has 0 aliphatic carbocycles. The van der Waals surface area contributed by atoms with Crippen LogP contribution in [0.25, 0.3) is 0 Å². The highest BCUT2D eigenvalue weighted by molar-refractivity contribution is 8.00. The fourth-order valence-electron chi connectivity index (χ4n) is 1.92. The first-order valence-electron chi connectivity index (χ1n) is 6.01. The van der Waals surface area contributed by atoms with E-state index in [1.807, 2.05) is 6.92 Å². The van der Waals surface area contributed by atoms with Gasteiger partial charge in [0.15, 0.2) is 0 Å². The number of amides is 2. The number of urea groups is 1. The number of carbonyl (C=O) groups is 2. The molecule has 1 aliphatic heterocycles. The van der Waals surface area contributed by atoms with E-state index in [9.17, 15) is 9.59 Å². The van der Waals surface area contributed by atoms with Gasteiger partial charge in [-0.15, -0.1) is 11.8 Å². The van der Waals surface area contributed by atoms with Gasteiger partial charge in [0.25, 0.3) is 0 Å². The molecule has 0 saturated carbocycles. The lowest BCUT2D eigenvalue weighted by Crippen LogP contribution is -2.51. The molecule has 0 aromatic heterocycles. The highest BCUT2D eigenvalue weighted by Gasteiger charge is 2.42. The van der Waals surface area contributed by atoms with Crippen LogP contribution in [0.3, 0.4) is 0 Å². The van der Waals surface area contributed by atoms with E-state index in [1.165, 1.54) is 21.6 Å². The van der Waals surface area contributed by atoms with Crippen molar-refractivity contribution in [2.45, 2.75) is 31.2 Å². The SMILES string of the molecule is CCCC1SCC(C(=O)O)N1C(=O)N(C)CCO. The lowest BCUT2D eigenvalue weighted by Gasteiger charge is -2.31. The number of aliphatic carboxylic acids is 1. The van der Waals surface area contributed by atoms with Gasteiger partial charge in [0.05, 0.1) is 12.0 Å². The number of carbonyl (C=O) groups excluding carboxylic acids is 1. The van der Waals surface area contributed by atoms with Crippen LogP contribution < -0.4 is 0 Å². The fourth-order valence-corrected chi connectivity index (χ4v) is 3.43. The molecule has 0 aromatic carbocycles. The predicted molar refractivity (Wildman–Crippen MR) is 69.5 cm³/mol. The Morgan fingerprint density at radius 2 is 2.17 bits per heavy atom. The molecule has 1 rings (SSSR count). The third-order valence-electron chi connectivity index (χ3n) is 2.90. The predicted octanol–water partition coefficient (Wildman–Crippen LogP) is 0.659. The summed E-state index contributed by atoms with van der Waals surface area (Å²) in [4.78, 5) is 26.2. The third kappa shape index (κ3) is 3.29. The van der Waals surface area contributed by atoms with Crippen molar-refractivity contribution in [3.63, 3.8) is 0 Å². The van der Waals surface area contributed by atoms with Crippen LogP contribution in [0.2, 0.25) is 0 Å². The molecular formula is C11H20N2O4S. The molecule has 1 heterocycles. The maximum atomic E-state index is 12.2. The van der Waals surface area contributed by atoms with E-state index in [1.54, 1.807) is 7.05 Å². The zero-order chi connectivity index (χ0) is 13.7. The standard InChI is InChI=1S/C11H20N2O4S/c1-3-4-9-13(8(7-18-9)10(15)16)11(17)12(2)5-6-14/h8-9,14H,3-7H2,1-2H3,(H,15,16). The normalized spacial score (nSPS) is 23.2. The average molecular weight is 276 g/mol. The van der Waals surface area contributed by atoms with Crippen LogP contribution in [-0.2, 0) is 4.79 Å². The van der Waals surface area contributed by atoms with Gasteiger partial charge >= 0.3 is 12.0 Å². The van der Waals surface area contributed by atoms with Gasteiger partial charge in [0.1, 0.15) is 6.04 Å².